The first-order valence-electron chi connectivity index (χ1n) is 6.05. The molecule has 96 valence electrons. The van der Waals surface area contributed by atoms with Crippen molar-refractivity contribution in [3.8, 4) is 0 Å². The van der Waals surface area contributed by atoms with Crippen LogP contribution in [0.15, 0.2) is 6.20 Å². The van der Waals surface area contributed by atoms with Crippen LogP contribution in [0.2, 0.25) is 5.02 Å². The lowest BCUT2D eigenvalue weighted by atomic mass is 9.97. The maximum atomic E-state index is 6.33. The molecule has 1 fully saturated rings. The Labute approximate surface area is 108 Å². The Morgan fingerprint density at radius 1 is 1.59 bits per heavy atom. The molecule has 1 heterocycles. The van der Waals surface area contributed by atoms with E-state index in [1.54, 1.807) is 6.20 Å². The van der Waals surface area contributed by atoms with Crippen molar-refractivity contribution in [1.29, 1.82) is 0 Å². The van der Waals surface area contributed by atoms with E-state index in [4.69, 9.17) is 17.3 Å². The van der Waals surface area contributed by atoms with Crippen molar-refractivity contribution in [2.45, 2.75) is 32.4 Å². The van der Waals surface area contributed by atoms with Crippen molar-refractivity contribution in [1.82, 2.24) is 14.7 Å². The molecule has 0 bridgehead atoms. The molecular formula is C12H21ClN4. The summed E-state index contributed by atoms with van der Waals surface area (Å²) in [4.78, 5) is 2.13. The van der Waals surface area contributed by atoms with Gasteiger partial charge < -0.3 is 10.6 Å². The molecule has 1 aliphatic carbocycles. The molecule has 17 heavy (non-hydrogen) atoms. The molecule has 1 saturated carbocycles. The second kappa shape index (κ2) is 4.59. The molecule has 1 atom stereocenters. The van der Waals surface area contributed by atoms with E-state index in [0.29, 0.717) is 5.02 Å². The van der Waals surface area contributed by atoms with Gasteiger partial charge in [0.2, 0.25) is 0 Å². The van der Waals surface area contributed by atoms with Gasteiger partial charge in [0.15, 0.2) is 0 Å². The monoisotopic (exact) mass is 256 g/mol. The highest BCUT2D eigenvalue weighted by Gasteiger charge is 2.45. The van der Waals surface area contributed by atoms with Gasteiger partial charge in [-0.1, -0.05) is 18.5 Å². The zero-order valence-electron chi connectivity index (χ0n) is 10.8. The second-order valence-electron chi connectivity index (χ2n) is 5.54. The Kier molecular flexibility index (Phi) is 3.48. The van der Waals surface area contributed by atoms with Gasteiger partial charge in [-0.15, -0.1) is 0 Å². The van der Waals surface area contributed by atoms with E-state index < -0.39 is 0 Å². The lowest BCUT2D eigenvalue weighted by Crippen LogP contribution is -2.26. The van der Waals surface area contributed by atoms with Gasteiger partial charge in [-0.3, -0.25) is 4.68 Å². The zero-order chi connectivity index (χ0) is 12.6. The van der Waals surface area contributed by atoms with E-state index >= 15 is 0 Å². The van der Waals surface area contributed by atoms with Gasteiger partial charge in [0.1, 0.15) is 0 Å². The summed E-state index contributed by atoms with van der Waals surface area (Å²) in [6.45, 7) is 3.99. The Bertz CT molecular complexity index is 395. The van der Waals surface area contributed by atoms with Gasteiger partial charge in [-0.2, -0.15) is 5.10 Å². The summed E-state index contributed by atoms with van der Waals surface area (Å²) in [6, 6.07) is -0.000313. The third-order valence-electron chi connectivity index (χ3n) is 3.68. The largest absolute Gasteiger partial charge is 0.322 e. The van der Waals surface area contributed by atoms with Crippen molar-refractivity contribution in [2.24, 2.45) is 11.1 Å². The number of aromatic nitrogens is 2. The maximum absolute atomic E-state index is 6.33. The third-order valence-corrected chi connectivity index (χ3v) is 3.97. The number of nitrogens with zero attached hydrogens (tertiary/aromatic N) is 3. The predicted molar refractivity (Wildman–Crippen MR) is 70.1 cm³/mol. The van der Waals surface area contributed by atoms with Crippen LogP contribution >= 0.6 is 11.6 Å². The molecule has 5 heteroatoms. The van der Waals surface area contributed by atoms with Gasteiger partial charge in [0.25, 0.3) is 0 Å². The first-order valence-corrected chi connectivity index (χ1v) is 6.43. The average molecular weight is 257 g/mol. The van der Waals surface area contributed by atoms with Gasteiger partial charge in [0.05, 0.1) is 29.5 Å². The number of halogens is 1. The van der Waals surface area contributed by atoms with E-state index in [1.165, 1.54) is 12.8 Å². The molecule has 0 radical (unpaired) electrons. The highest BCUT2D eigenvalue weighted by atomic mass is 35.5. The predicted octanol–water partition coefficient (Wildman–Crippen LogP) is 1.90. The van der Waals surface area contributed by atoms with Crippen molar-refractivity contribution in [3.63, 3.8) is 0 Å². The van der Waals surface area contributed by atoms with E-state index in [9.17, 15) is 0 Å². The summed E-state index contributed by atoms with van der Waals surface area (Å²) in [6.07, 6.45) is 4.07. The molecule has 1 aromatic rings. The van der Waals surface area contributed by atoms with E-state index in [2.05, 4.69) is 16.9 Å². The molecule has 0 aliphatic heterocycles. The Balaban J connectivity index is 2.17. The minimum atomic E-state index is -0.000313. The van der Waals surface area contributed by atoms with Crippen LogP contribution in [0.5, 0.6) is 0 Å². The SMILES string of the molecule is CN(C)CCn1ncc(Cl)c1C(N)C1(C)CC1. The number of rotatable bonds is 5. The Hall–Kier alpha value is -0.580. The summed E-state index contributed by atoms with van der Waals surface area (Å²) in [7, 11) is 4.10. The molecule has 0 amide bonds. The van der Waals surface area contributed by atoms with Crippen LogP contribution in [0, 0.1) is 5.41 Å². The molecular weight excluding hydrogens is 236 g/mol. The number of nitrogens with two attached hydrogens (primary N) is 1. The average Bonchev–Trinajstić information content (AvgIpc) is 2.90. The fourth-order valence-corrected chi connectivity index (χ4v) is 2.25. The van der Waals surface area contributed by atoms with Crippen molar-refractivity contribution >= 4 is 11.6 Å². The van der Waals surface area contributed by atoms with Crippen LogP contribution in [0.25, 0.3) is 0 Å². The fourth-order valence-electron chi connectivity index (χ4n) is 1.99. The third kappa shape index (κ3) is 2.64. The fraction of sp³-hybridized carbons (Fsp3) is 0.750. The number of hydrogen-bond donors (Lipinski definition) is 1. The Morgan fingerprint density at radius 3 is 2.76 bits per heavy atom. The lowest BCUT2D eigenvalue weighted by Gasteiger charge is -2.21. The molecule has 4 nitrogen and oxygen atoms in total. The zero-order valence-corrected chi connectivity index (χ0v) is 11.5. The molecule has 0 saturated heterocycles. The lowest BCUT2D eigenvalue weighted by molar-refractivity contribution is 0.354. The van der Waals surface area contributed by atoms with Crippen LogP contribution in [0.3, 0.4) is 0 Å². The minimum Gasteiger partial charge on any atom is -0.322 e. The maximum Gasteiger partial charge on any atom is 0.0834 e. The van der Waals surface area contributed by atoms with Crippen molar-refractivity contribution < 1.29 is 0 Å². The van der Waals surface area contributed by atoms with Gasteiger partial charge in [-0.25, -0.2) is 0 Å². The van der Waals surface area contributed by atoms with Crippen LogP contribution in [0.1, 0.15) is 31.5 Å². The molecule has 0 aromatic carbocycles. The van der Waals surface area contributed by atoms with Crippen LogP contribution in [-0.4, -0.2) is 35.3 Å². The van der Waals surface area contributed by atoms with Crippen LogP contribution in [-0.2, 0) is 6.54 Å². The molecule has 2 N–H and O–H groups in total. The topological polar surface area (TPSA) is 47.1 Å². The standard InChI is InChI=1S/C12H21ClN4/c1-12(4-5-12)11(14)10-9(13)8-15-17(10)7-6-16(2)3/h8,11H,4-7,14H2,1-3H3. The summed E-state index contributed by atoms with van der Waals surface area (Å²) >= 11 is 6.21. The Morgan fingerprint density at radius 2 is 2.24 bits per heavy atom. The van der Waals surface area contributed by atoms with Crippen LogP contribution < -0.4 is 5.73 Å². The first kappa shape index (κ1) is 12.9. The summed E-state index contributed by atoms with van der Waals surface area (Å²) in [5, 5.41) is 5.03. The first-order chi connectivity index (χ1) is 7.94. The highest BCUT2D eigenvalue weighted by molar-refractivity contribution is 6.31. The normalized spacial score (nSPS) is 19.6. The van der Waals surface area contributed by atoms with E-state index in [1.807, 2.05) is 18.8 Å². The van der Waals surface area contributed by atoms with Gasteiger partial charge in [0, 0.05) is 6.54 Å². The summed E-state index contributed by atoms with van der Waals surface area (Å²) in [5.74, 6) is 0. The summed E-state index contributed by atoms with van der Waals surface area (Å²) < 4.78 is 1.95. The number of hydrogen-bond acceptors (Lipinski definition) is 3. The van der Waals surface area contributed by atoms with Gasteiger partial charge >= 0.3 is 0 Å². The smallest absolute Gasteiger partial charge is 0.0834 e. The highest BCUT2D eigenvalue weighted by Crippen LogP contribution is 2.54. The van der Waals surface area contributed by atoms with Crippen molar-refractivity contribution in [3.05, 3.63) is 16.9 Å². The molecule has 2 rings (SSSR count). The summed E-state index contributed by atoms with van der Waals surface area (Å²) in [5.41, 5.74) is 7.54. The van der Waals surface area contributed by atoms with Crippen LogP contribution in [0.4, 0.5) is 0 Å². The molecule has 0 spiro atoms. The quantitative estimate of drug-likeness (QED) is 0.875. The van der Waals surface area contributed by atoms with E-state index in [0.717, 1.165) is 18.8 Å². The molecule has 1 aromatic heterocycles. The van der Waals surface area contributed by atoms with Gasteiger partial charge in [-0.05, 0) is 32.4 Å². The molecule has 1 aliphatic rings. The van der Waals surface area contributed by atoms with Crippen molar-refractivity contribution in [2.75, 3.05) is 20.6 Å². The molecule has 1 unspecified atom stereocenters. The number of likely N-dealkylation sites (N-methyl/N-ethyl adjacent to an activating group) is 1. The minimum absolute atomic E-state index is 0.000313. The van der Waals surface area contributed by atoms with E-state index in [-0.39, 0.29) is 11.5 Å². The second-order valence-corrected chi connectivity index (χ2v) is 5.94.